The minimum Gasteiger partial charge on any atom is -0.427 e. The summed E-state index contributed by atoms with van der Waals surface area (Å²) in [6.07, 6.45) is 0.281. The number of halogens is 1. The van der Waals surface area contributed by atoms with E-state index in [2.05, 4.69) is 4.98 Å². The molecule has 0 atom stereocenters. The molecule has 4 nitrogen and oxygen atoms in total. The number of aromatic nitrogens is 1. The molecule has 0 aliphatic carbocycles. The highest BCUT2D eigenvalue weighted by atomic mass is 19.1. The van der Waals surface area contributed by atoms with Gasteiger partial charge in [-0.3, -0.25) is 0 Å². The van der Waals surface area contributed by atoms with Crippen LogP contribution in [0.25, 0.3) is 0 Å². The number of nitriles is 1. The van der Waals surface area contributed by atoms with Gasteiger partial charge in [-0.25, -0.2) is 4.39 Å². The standard InChI is InChI=1S/C12H16FN3O/c1-8(2)11-10(7-14)15-12(17-11)16-5-3-9(13)4-6-16/h8-9H,3-6H2,1-2H3. The van der Waals surface area contributed by atoms with Crippen LogP contribution >= 0.6 is 0 Å². The molecule has 1 aliphatic heterocycles. The Labute approximate surface area is 100 Å². The molecule has 0 aromatic carbocycles. The molecule has 1 saturated heterocycles. The molecule has 2 rings (SSSR count). The lowest BCUT2D eigenvalue weighted by molar-refractivity contribution is 0.272. The molecule has 92 valence electrons. The topological polar surface area (TPSA) is 53.1 Å². The van der Waals surface area contributed by atoms with E-state index < -0.39 is 6.17 Å². The van der Waals surface area contributed by atoms with Crippen LogP contribution in [0.3, 0.4) is 0 Å². The lowest BCUT2D eigenvalue weighted by atomic mass is 10.1. The Kier molecular flexibility index (Phi) is 3.32. The smallest absolute Gasteiger partial charge is 0.298 e. The van der Waals surface area contributed by atoms with Crippen LogP contribution in [0.5, 0.6) is 0 Å². The minimum absolute atomic E-state index is 0.129. The highest BCUT2D eigenvalue weighted by Crippen LogP contribution is 2.27. The number of rotatable bonds is 2. The van der Waals surface area contributed by atoms with Crippen LogP contribution in [0.1, 0.15) is 44.1 Å². The van der Waals surface area contributed by atoms with Crippen molar-refractivity contribution in [2.45, 2.75) is 38.8 Å². The fraction of sp³-hybridized carbons (Fsp3) is 0.667. The number of anilines is 1. The summed E-state index contributed by atoms with van der Waals surface area (Å²) in [4.78, 5) is 6.08. The molecule has 0 unspecified atom stereocenters. The zero-order chi connectivity index (χ0) is 12.4. The van der Waals surface area contributed by atoms with E-state index in [1.54, 1.807) is 0 Å². The molecule has 0 N–H and O–H groups in total. The molecule has 17 heavy (non-hydrogen) atoms. The van der Waals surface area contributed by atoms with E-state index >= 15 is 0 Å². The third-order valence-corrected chi connectivity index (χ3v) is 2.97. The summed E-state index contributed by atoms with van der Waals surface area (Å²) in [6, 6.07) is 2.50. The quantitative estimate of drug-likeness (QED) is 0.793. The first-order valence-corrected chi connectivity index (χ1v) is 5.91. The minimum atomic E-state index is -0.721. The number of piperidine rings is 1. The summed E-state index contributed by atoms with van der Waals surface area (Å²) in [5.41, 5.74) is 0.345. The fourth-order valence-electron chi connectivity index (χ4n) is 1.97. The predicted octanol–water partition coefficient (Wildman–Crippen LogP) is 2.61. The Morgan fingerprint density at radius 1 is 1.47 bits per heavy atom. The summed E-state index contributed by atoms with van der Waals surface area (Å²) in [6.45, 7) is 5.12. The van der Waals surface area contributed by atoms with Crippen molar-refractivity contribution >= 4 is 6.01 Å². The first kappa shape index (κ1) is 11.9. The highest BCUT2D eigenvalue weighted by Gasteiger charge is 2.24. The zero-order valence-electron chi connectivity index (χ0n) is 10.1. The zero-order valence-corrected chi connectivity index (χ0v) is 10.1. The van der Waals surface area contributed by atoms with Gasteiger partial charge in [-0.05, 0) is 12.8 Å². The van der Waals surface area contributed by atoms with Gasteiger partial charge in [-0.15, -0.1) is 0 Å². The SMILES string of the molecule is CC(C)c1oc(N2CCC(F)CC2)nc1C#N. The molecule has 1 aromatic heterocycles. The lowest BCUT2D eigenvalue weighted by Crippen LogP contribution is -2.34. The second kappa shape index (κ2) is 4.74. The van der Waals surface area contributed by atoms with Gasteiger partial charge in [0.1, 0.15) is 18.0 Å². The van der Waals surface area contributed by atoms with Crippen molar-refractivity contribution < 1.29 is 8.81 Å². The van der Waals surface area contributed by atoms with E-state index in [1.165, 1.54) is 0 Å². The first-order chi connectivity index (χ1) is 8.11. The van der Waals surface area contributed by atoms with Gasteiger partial charge in [0.05, 0.1) is 0 Å². The molecular formula is C12H16FN3O. The van der Waals surface area contributed by atoms with Crippen LogP contribution in [0, 0.1) is 11.3 Å². The predicted molar refractivity (Wildman–Crippen MR) is 61.7 cm³/mol. The summed E-state index contributed by atoms with van der Waals surface area (Å²) < 4.78 is 18.6. The van der Waals surface area contributed by atoms with Crippen LogP contribution in [-0.2, 0) is 0 Å². The van der Waals surface area contributed by atoms with E-state index in [4.69, 9.17) is 9.68 Å². The second-order valence-corrected chi connectivity index (χ2v) is 4.64. The van der Waals surface area contributed by atoms with E-state index in [0.717, 1.165) is 0 Å². The maximum Gasteiger partial charge on any atom is 0.298 e. The van der Waals surface area contributed by atoms with Crippen molar-refractivity contribution in [2.75, 3.05) is 18.0 Å². The third kappa shape index (κ3) is 2.41. The Balaban J connectivity index is 2.19. The van der Waals surface area contributed by atoms with Gasteiger partial charge < -0.3 is 9.32 Å². The second-order valence-electron chi connectivity index (χ2n) is 4.64. The fourth-order valence-corrected chi connectivity index (χ4v) is 1.97. The van der Waals surface area contributed by atoms with Crippen molar-refractivity contribution in [3.63, 3.8) is 0 Å². The van der Waals surface area contributed by atoms with E-state index in [1.807, 2.05) is 24.8 Å². The van der Waals surface area contributed by atoms with Crippen molar-refractivity contribution in [1.82, 2.24) is 4.98 Å². The Hall–Kier alpha value is -1.57. The number of nitrogens with zero attached hydrogens (tertiary/aromatic N) is 3. The van der Waals surface area contributed by atoms with E-state index in [0.29, 0.717) is 43.4 Å². The monoisotopic (exact) mass is 237 g/mol. The number of hydrogen-bond acceptors (Lipinski definition) is 4. The van der Waals surface area contributed by atoms with E-state index in [9.17, 15) is 4.39 Å². The normalized spacial score (nSPS) is 17.5. The molecule has 2 heterocycles. The molecule has 0 amide bonds. The molecule has 0 saturated carbocycles. The maximum absolute atomic E-state index is 13.0. The van der Waals surface area contributed by atoms with Crippen LogP contribution in [-0.4, -0.2) is 24.2 Å². The summed E-state index contributed by atoms with van der Waals surface area (Å²) in [7, 11) is 0. The maximum atomic E-state index is 13.0. The molecule has 0 bridgehead atoms. The first-order valence-electron chi connectivity index (χ1n) is 5.91. The van der Waals surface area contributed by atoms with Crippen LogP contribution in [0.2, 0.25) is 0 Å². The summed E-state index contributed by atoms with van der Waals surface area (Å²) >= 11 is 0. The third-order valence-electron chi connectivity index (χ3n) is 2.97. The number of alkyl halides is 1. The molecule has 1 aliphatic rings. The van der Waals surface area contributed by atoms with Gasteiger partial charge in [0.25, 0.3) is 6.01 Å². The molecule has 5 heteroatoms. The van der Waals surface area contributed by atoms with Gasteiger partial charge in [0, 0.05) is 19.0 Å². The van der Waals surface area contributed by atoms with Crippen LogP contribution < -0.4 is 4.90 Å². The van der Waals surface area contributed by atoms with Gasteiger partial charge >= 0.3 is 0 Å². The van der Waals surface area contributed by atoms with Gasteiger partial charge in [-0.1, -0.05) is 13.8 Å². The van der Waals surface area contributed by atoms with Crippen LogP contribution in [0.4, 0.5) is 10.4 Å². The van der Waals surface area contributed by atoms with Gasteiger partial charge in [0.15, 0.2) is 5.69 Å². The van der Waals surface area contributed by atoms with Gasteiger partial charge in [0.2, 0.25) is 0 Å². The van der Waals surface area contributed by atoms with Crippen molar-refractivity contribution in [3.8, 4) is 6.07 Å². The Bertz CT molecular complexity index is 427. The average molecular weight is 237 g/mol. The number of oxazole rings is 1. The summed E-state index contributed by atoms with van der Waals surface area (Å²) in [5.74, 6) is 0.745. The van der Waals surface area contributed by atoms with Crippen molar-refractivity contribution in [3.05, 3.63) is 11.5 Å². The molecule has 0 spiro atoms. The van der Waals surface area contributed by atoms with E-state index in [-0.39, 0.29) is 5.92 Å². The van der Waals surface area contributed by atoms with Crippen molar-refractivity contribution in [1.29, 1.82) is 5.26 Å². The summed E-state index contributed by atoms with van der Waals surface area (Å²) in [5, 5.41) is 8.97. The van der Waals surface area contributed by atoms with Crippen LogP contribution in [0.15, 0.2) is 4.42 Å². The van der Waals surface area contributed by atoms with Crippen molar-refractivity contribution in [2.24, 2.45) is 0 Å². The molecule has 1 fully saturated rings. The molecular weight excluding hydrogens is 221 g/mol. The Morgan fingerprint density at radius 2 is 2.12 bits per heavy atom. The Morgan fingerprint density at radius 3 is 2.59 bits per heavy atom. The molecule has 1 aromatic rings. The lowest BCUT2D eigenvalue weighted by Gasteiger charge is -2.26. The number of hydrogen-bond donors (Lipinski definition) is 0. The highest BCUT2D eigenvalue weighted by molar-refractivity contribution is 5.37. The van der Waals surface area contributed by atoms with Gasteiger partial charge in [-0.2, -0.15) is 10.2 Å². The average Bonchev–Trinajstić information content (AvgIpc) is 2.74. The largest absolute Gasteiger partial charge is 0.427 e. The molecule has 0 radical (unpaired) electrons.